The zero-order chi connectivity index (χ0) is 25.2. The van der Waals surface area contributed by atoms with Gasteiger partial charge in [-0.3, -0.25) is 4.79 Å². The molecule has 1 unspecified atom stereocenters. The van der Waals surface area contributed by atoms with Gasteiger partial charge < -0.3 is 14.5 Å². The average Bonchev–Trinajstić information content (AvgIpc) is 3.38. The van der Waals surface area contributed by atoms with E-state index in [9.17, 15) is 9.59 Å². The molecule has 4 aromatic rings. The van der Waals surface area contributed by atoms with Gasteiger partial charge in [0.25, 0.3) is 0 Å². The molecule has 3 saturated heterocycles. The van der Waals surface area contributed by atoms with E-state index >= 15 is 0 Å². The van der Waals surface area contributed by atoms with Crippen LogP contribution in [0.4, 0.5) is 5.69 Å². The van der Waals surface area contributed by atoms with Gasteiger partial charge in [-0.15, -0.1) is 11.3 Å². The molecule has 1 N–H and O–H groups in total. The second-order valence-corrected chi connectivity index (χ2v) is 11.5. The van der Waals surface area contributed by atoms with Crippen LogP contribution in [0.25, 0.3) is 10.1 Å². The van der Waals surface area contributed by atoms with Crippen molar-refractivity contribution in [2.24, 2.45) is 5.92 Å². The molecule has 188 valence electrons. The number of piperidine rings is 3. The molecule has 2 bridgehead atoms. The maximum Gasteiger partial charge on any atom is 0.333 e. The molecule has 2 atom stereocenters. The molecule has 6 heteroatoms. The number of Topliss-reactive ketones (excluding diaryl/α,β-unsaturated/α-hetero) is 1. The molecule has 4 heterocycles. The van der Waals surface area contributed by atoms with Crippen molar-refractivity contribution in [2.75, 3.05) is 31.5 Å². The SMILES string of the molecule is O=C(C[N+]12CCC(CC1)[C@@H](OC(=O)C(Nc1ccccc1)c1ccccc1)C2)c1cc2ccccc2s1. The summed E-state index contributed by atoms with van der Waals surface area (Å²) in [5.74, 6) is 0.291. The van der Waals surface area contributed by atoms with Crippen molar-refractivity contribution >= 4 is 38.9 Å². The topological polar surface area (TPSA) is 55.4 Å². The van der Waals surface area contributed by atoms with E-state index in [2.05, 4.69) is 17.4 Å². The highest BCUT2D eigenvalue weighted by Crippen LogP contribution is 2.37. The van der Waals surface area contributed by atoms with Gasteiger partial charge in [-0.25, -0.2) is 4.79 Å². The van der Waals surface area contributed by atoms with Crippen LogP contribution in [-0.2, 0) is 9.53 Å². The van der Waals surface area contributed by atoms with Crippen LogP contribution in [0, 0.1) is 5.92 Å². The molecule has 3 aliphatic rings. The number of nitrogens with zero attached hydrogens (tertiary/aromatic N) is 1. The number of esters is 1. The molecular weight excluding hydrogens is 480 g/mol. The maximum atomic E-state index is 13.6. The third-order valence-electron chi connectivity index (χ3n) is 7.94. The zero-order valence-electron chi connectivity index (χ0n) is 20.7. The van der Waals surface area contributed by atoms with Gasteiger partial charge >= 0.3 is 5.97 Å². The van der Waals surface area contributed by atoms with Crippen molar-refractivity contribution in [3.05, 3.63) is 101 Å². The first-order valence-corrected chi connectivity index (χ1v) is 13.8. The van der Waals surface area contributed by atoms with Crippen molar-refractivity contribution in [3.8, 4) is 0 Å². The molecule has 3 aliphatic heterocycles. The molecule has 1 aromatic heterocycles. The summed E-state index contributed by atoms with van der Waals surface area (Å²) < 4.78 is 8.11. The number of benzene rings is 3. The summed E-state index contributed by atoms with van der Waals surface area (Å²) >= 11 is 1.58. The number of ether oxygens (including phenoxy) is 1. The zero-order valence-corrected chi connectivity index (χ0v) is 21.5. The largest absolute Gasteiger partial charge is 0.454 e. The van der Waals surface area contributed by atoms with E-state index in [0.717, 1.165) is 52.1 Å². The van der Waals surface area contributed by atoms with Crippen LogP contribution in [0.3, 0.4) is 0 Å². The van der Waals surface area contributed by atoms with Gasteiger partial charge in [0.1, 0.15) is 13.1 Å². The second kappa shape index (κ2) is 10.1. The summed E-state index contributed by atoms with van der Waals surface area (Å²) in [5, 5.41) is 4.50. The number of carbonyl (C=O) groups is 2. The van der Waals surface area contributed by atoms with E-state index < -0.39 is 6.04 Å². The van der Waals surface area contributed by atoms with Gasteiger partial charge in [0.2, 0.25) is 5.78 Å². The Kier molecular flexibility index (Phi) is 6.53. The van der Waals surface area contributed by atoms with Gasteiger partial charge in [0.05, 0.1) is 18.0 Å². The highest BCUT2D eigenvalue weighted by molar-refractivity contribution is 7.20. The number of quaternary nitrogens is 1. The van der Waals surface area contributed by atoms with Gasteiger partial charge in [-0.1, -0.05) is 66.7 Å². The first-order chi connectivity index (χ1) is 18.1. The van der Waals surface area contributed by atoms with Crippen molar-refractivity contribution < 1.29 is 18.8 Å². The predicted octanol–water partition coefficient (Wildman–Crippen LogP) is 6.09. The Hall–Kier alpha value is -3.48. The Morgan fingerprint density at radius 1 is 0.919 bits per heavy atom. The number of carbonyl (C=O) groups excluding carboxylic acids is 2. The quantitative estimate of drug-likeness (QED) is 0.177. The first kappa shape index (κ1) is 23.9. The lowest BCUT2D eigenvalue weighted by molar-refractivity contribution is -0.938. The third kappa shape index (κ3) is 5.04. The monoisotopic (exact) mass is 511 g/mol. The number of hydrogen-bond acceptors (Lipinski definition) is 5. The minimum Gasteiger partial charge on any atom is -0.454 e. The molecule has 3 aromatic carbocycles. The first-order valence-electron chi connectivity index (χ1n) is 13.0. The molecule has 3 fully saturated rings. The van der Waals surface area contributed by atoms with Crippen molar-refractivity contribution in [1.82, 2.24) is 0 Å². The Morgan fingerprint density at radius 2 is 1.59 bits per heavy atom. The van der Waals surface area contributed by atoms with Crippen LogP contribution in [0.2, 0.25) is 0 Å². The lowest BCUT2D eigenvalue weighted by Gasteiger charge is -2.51. The average molecular weight is 512 g/mol. The number of nitrogens with one attached hydrogen (secondary N) is 1. The molecule has 0 spiro atoms. The summed E-state index contributed by atoms with van der Waals surface area (Å²) in [6, 6.07) is 29.1. The lowest BCUT2D eigenvalue weighted by atomic mass is 9.83. The fraction of sp³-hybridized carbons (Fsp3) is 0.290. The van der Waals surface area contributed by atoms with E-state index in [4.69, 9.17) is 4.74 Å². The number of para-hydroxylation sites is 1. The van der Waals surface area contributed by atoms with Crippen LogP contribution >= 0.6 is 11.3 Å². The molecule has 0 radical (unpaired) electrons. The number of anilines is 1. The van der Waals surface area contributed by atoms with Crippen molar-refractivity contribution in [3.63, 3.8) is 0 Å². The Morgan fingerprint density at radius 3 is 2.32 bits per heavy atom. The molecular formula is C31H31N2O3S+. The summed E-state index contributed by atoms with van der Waals surface area (Å²) in [5.41, 5.74) is 1.75. The van der Waals surface area contributed by atoms with E-state index in [1.54, 1.807) is 11.3 Å². The van der Waals surface area contributed by atoms with Crippen LogP contribution in [0.15, 0.2) is 91.0 Å². The van der Waals surface area contributed by atoms with Crippen molar-refractivity contribution in [2.45, 2.75) is 25.0 Å². The van der Waals surface area contributed by atoms with Crippen LogP contribution in [0.5, 0.6) is 0 Å². The molecule has 7 rings (SSSR count). The number of fused-ring (bicyclic) bond motifs is 4. The summed E-state index contributed by atoms with van der Waals surface area (Å²) in [7, 11) is 0. The third-order valence-corrected chi connectivity index (χ3v) is 9.10. The van der Waals surface area contributed by atoms with Crippen molar-refractivity contribution in [1.29, 1.82) is 0 Å². The van der Waals surface area contributed by atoms with Crippen LogP contribution < -0.4 is 5.32 Å². The number of rotatable bonds is 8. The molecule has 5 nitrogen and oxygen atoms in total. The number of hydrogen-bond donors (Lipinski definition) is 1. The Bertz CT molecular complexity index is 1360. The molecule has 0 aliphatic carbocycles. The summed E-state index contributed by atoms with van der Waals surface area (Å²) in [6.07, 6.45) is 1.80. The summed E-state index contributed by atoms with van der Waals surface area (Å²) in [6.45, 7) is 3.12. The van der Waals surface area contributed by atoms with Gasteiger partial charge in [-0.05, 0) is 35.2 Å². The van der Waals surface area contributed by atoms with E-state index in [1.165, 1.54) is 0 Å². The highest BCUT2D eigenvalue weighted by Gasteiger charge is 2.49. The van der Waals surface area contributed by atoms with E-state index in [0.29, 0.717) is 23.5 Å². The van der Waals surface area contributed by atoms with Gasteiger partial charge in [-0.2, -0.15) is 0 Å². The lowest BCUT2D eigenvalue weighted by Crippen LogP contribution is -2.65. The number of thiophene rings is 1. The summed E-state index contributed by atoms with van der Waals surface area (Å²) in [4.78, 5) is 27.8. The standard InChI is InChI=1S/C31H31N2O3S/c34-26(29-19-24-11-7-8-14-28(24)37-29)20-33-17-15-22(16-18-33)27(21-33)36-31(35)30(23-9-3-1-4-10-23)32-25-12-5-2-6-13-25/h1-14,19,22,27,30,32H,15-18,20-21H2/q+1/t22?,27-,30?,33?/m0/s1. The van der Waals surface area contributed by atoms with Gasteiger partial charge in [0, 0.05) is 29.1 Å². The molecule has 37 heavy (non-hydrogen) atoms. The smallest absolute Gasteiger partial charge is 0.333 e. The fourth-order valence-electron chi connectivity index (χ4n) is 5.92. The highest BCUT2D eigenvalue weighted by atomic mass is 32.1. The predicted molar refractivity (Wildman–Crippen MR) is 148 cm³/mol. The minimum absolute atomic E-state index is 0.172. The second-order valence-electron chi connectivity index (χ2n) is 10.4. The Balaban J connectivity index is 1.18. The fourth-order valence-corrected chi connectivity index (χ4v) is 6.91. The van der Waals surface area contributed by atoms with Gasteiger partial charge in [0.15, 0.2) is 12.1 Å². The Labute approximate surface area is 221 Å². The maximum absolute atomic E-state index is 13.6. The van der Waals surface area contributed by atoms with E-state index in [1.807, 2.05) is 78.9 Å². The molecule has 0 saturated carbocycles. The molecule has 0 amide bonds. The van der Waals surface area contributed by atoms with Crippen LogP contribution in [0.1, 0.15) is 34.1 Å². The van der Waals surface area contributed by atoms with Crippen LogP contribution in [-0.4, -0.2) is 48.5 Å². The van der Waals surface area contributed by atoms with E-state index in [-0.39, 0.29) is 17.9 Å². The normalized spacial score (nSPS) is 23.5. The minimum atomic E-state index is -0.590. The number of ketones is 1.